The summed E-state index contributed by atoms with van der Waals surface area (Å²) >= 11 is 0. The summed E-state index contributed by atoms with van der Waals surface area (Å²) in [6.07, 6.45) is 1.02. The van der Waals surface area contributed by atoms with Crippen molar-refractivity contribution in [3.63, 3.8) is 0 Å². The zero-order chi connectivity index (χ0) is 17.6. The van der Waals surface area contributed by atoms with Crippen LogP contribution in [-0.2, 0) is 14.8 Å². The molecule has 0 saturated carbocycles. The maximum Gasteiger partial charge on any atom is 0.251 e. The van der Waals surface area contributed by atoms with Crippen LogP contribution in [0.25, 0.3) is 0 Å². The van der Waals surface area contributed by atoms with E-state index in [4.69, 9.17) is 4.74 Å². The van der Waals surface area contributed by atoms with Gasteiger partial charge in [-0.25, -0.2) is 13.1 Å². The van der Waals surface area contributed by atoms with Crippen LogP contribution in [0.5, 0.6) is 0 Å². The van der Waals surface area contributed by atoms with E-state index in [1.807, 2.05) is 0 Å². The zero-order valence-corrected chi connectivity index (χ0v) is 16.1. The van der Waals surface area contributed by atoms with E-state index in [1.165, 1.54) is 31.4 Å². The first-order valence-electron chi connectivity index (χ1n) is 8.04. The fourth-order valence-electron chi connectivity index (χ4n) is 2.58. The maximum atomic E-state index is 12.3. The molecule has 1 aliphatic heterocycles. The summed E-state index contributed by atoms with van der Waals surface area (Å²) in [5.41, 5.74) is 0.448. The summed E-state index contributed by atoms with van der Waals surface area (Å²) in [6, 6.07) is 6.02. The Labute approximate surface area is 155 Å². The van der Waals surface area contributed by atoms with Gasteiger partial charge >= 0.3 is 0 Å². The molecular weight excluding hydrogens is 366 g/mol. The number of sulfonamides is 1. The molecule has 1 aromatic carbocycles. The van der Waals surface area contributed by atoms with Crippen LogP contribution in [0.3, 0.4) is 0 Å². The molecule has 0 spiro atoms. The fourth-order valence-corrected chi connectivity index (χ4v) is 3.59. The molecule has 7 nitrogen and oxygen atoms in total. The Balaban J connectivity index is 0.00000312. The third-order valence-electron chi connectivity index (χ3n) is 4.17. The van der Waals surface area contributed by atoms with Gasteiger partial charge in [0.25, 0.3) is 5.91 Å². The minimum absolute atomic E-state index is 0. The normalized spacial score (nSPS) is 20.6. The number of rotatable bonds is 7. The number of amides is 1. The minimum Gasteiger partial charge on any atom is -0.383 e. The quantitative estimate of drug-likeness (QED) is 0.596. The molecule has 9 heteroatoms. The number of hydrogen-bond acceptors (Lipinski definition) is 5. The van der Waals surface area contributed by atoms with Crippen molar-refractivity contribution < 1.29 is 17.9 Å². The molecule has 1 fully saturated rings. The third-order valence-corrected chi connectivity index (χ3v) is 5.65. The van der Waals surface area contributed by atoms with Crippen molar-refractivity contribution in [3.05, 3.63) is 29.8 Å². The molecule has 1 heterocycles. The predicted octanol–water partition coefficient (Wildman–Crippen LogP) is 0.761. The number of ether oxygens (including phenoxy) is 1. The van der Waals surface area contributed by atoms with Gasteiger partial charge in [0.1, 0.15) is 0 Å². The van der Waals surface area contributed by atoms with Gasteiger partial charge in [0, 0.05) is 31.8 Å². The number of methoxy groups -OCH3 is 1. The maximum absolute atomic E-state index is 12.3. The molecule has 142 valence electrons. The average molecular weight is 392 g/mol. The summed E-state index contributed by atoms with van der Waals surface area (Å²) in [6.45, 7) is 4.34. The van der Waals surface area contributed by atoms with Crippen LogP contribution in [0.1, 0.15) is 23.7 Å². The SMILES string of the molecule is COCCNS(=O)(=O)c1ccc(C(=O)NC2CNCCC2C)cc1.Cl. The number of nitrogens with one attached hydrogen (secondary N) is 3. The molecule has 0 radical (unpaired) electrons. The highest BCUT2D eigenvalue weighted by atomic mass is 35.5. The summed E-state index contributed by atoms with van der Waals surface area (Å²) in [5, 5.41) is 6.26. The van der Waals surface area contributed by atoms with Crippen LogP contribution in [0, 0.1) is 5.92 Å². The van der Waals surface area contributed by atoms with Crippen molar-refractivity contribution in [1.29, 1.82) is 0 Å². The Morgan fingerprint density at radius 1 is 1.32 bits per heavy atom. The van der Waals surface area contributed by atoms with Crippen molar-refractivity contribution >= 4 is 28.3 Å². The molecule has 25 heavy (non-hydrogen) atoms. The van der Waals surface area contributed by atoms with E-state index in [0.717, 1.165) is 19.5 Å². The van der Waals surface area contributed by atoms with Gasteiger partial charge in [-0.15, -0.1) is 12.4 Å². The zero-order valence-electron chi connectivity index (χ0n) is 14.4. The first kappa shape index (κ1) is 21.9. The summed E-state index contributed by atoms with van der Waals surface area (Å²) < 4.78 is 31.4. The van der Waals surface area contributed by atoms with E-state index in [9.17, 15) is 13.2 Å². The van der Waals surface area contributed by atoms with Crippen LogP contribution in [0.15, 0.2) is 29.2 Å². The molecule has 3 N–H and O–H groups in total. The minimum atomic E-state index is -3.58. The monoisotopic (exact) mass is 391 g/mol. The molecule has 1 amide bonds. The van der Waals surface area contributed by atoms with Crippen LogP contribution < -0.4 is 15.4 Å². The van der Waals surface area contributed by atoms with Gasteiger partial charge in [-0.05, 0) is 43.1 Å². The van der Waals surface area contributed by atoms with E-state index < -0.39 is 10.0 Å². The number of carbonyl (C=O) groups excluding carboxylic acids is 1. The lowest BCUT2D eigenvalue weighted by Gasteiger charge is -2.30. The van der Waals surface area contributed by atoms with Crippen molar-refractivity contribution in [2.24, 2.45) is 5.92 Å². The molecule has 1 saturated heterocycles. The van der Waals surface area contributed by atoms with Gasteiger partial charge in [0.15, 0.2) is 0 Å². The third kappa shape index (κ3) is 6.23. The van der Waals surface area contributed by atoms with E-state index in [1.54, 1.807) is 0 Å². The lowest BCUT2D eigenvalue weighted by molar-refractivity contribution is 0.0915. The Kier molecular flexibility index (Phi) is 8.81. The van der Waals surface area contributed by atoms with E-state index in [2.05, 4.69) is 22.3 Å². The van der Waals surface area contributed by atoms with E-state index >= 15 is 0 Å². The van der Waals surface area contributed by atoms with Crippen molar-refractivity contribution in [3.8, 4) is 0 Å². The molecule has 0 aromatic heterocycles. The number of benzene rings is 1. The Hall–Kier alpha value is -1.19. The second-order valence-electron chi connectivity index (χ2n) is 5.96. The van der Waals surface area contributed by atoms with Gasteiger partial charge < -0.3 is 15.4 Å². The first-order valence-corrected chi connectivity index (χ1v) is 9.52. The number of halogens is 1. The van der Waals surface area contributed by atoms with Crippen molar-refractivity contribution in [2.75, 3.05) is 33.4 Å². The van der Waals surface area contributed by atoms with Gasteiger partial charge in [0.2, 0.25) is 10.0 Å². The van der Waals surface area contributed by atoms with Crippen LogP contribution in [0.4, 0.5) is 0 Å². The number of piperidine rings is 1. The van der Waals surface area contributed by atoms with Gasteiger partial charge in [-0.2, -0.15) is 0 Å². The fraction of sp³-hybridized carbons (Fsp3) is 0.562. The predicted molar refractivity (Wildman–Crippen MR) is 98.7 cm³/mol. The Morgan fingerprint density at radius 3 is 2.60 bits per heavy atom. The van der Waals surface area contributed by atoms with Gasteiger partial charge in [-0.1, -0.05) is 6.92 Å². The van der Waals surface area contributed by atoms with Gasteiger partial charge in [0.05, 0.1) is 11.5 Å². The highest BCUT2D eigenvalue weighted by molar-refractivity contribution is 7.89. The molecule has 0 aliphatic carbocycles. The van der Waals surface area contributed by atoms with Crippen LogP contribution in [-0.4, -0.2) is 53.7 Å². The first-order chi connectivity index (χ1) is 11.4. The average Bonchev–Trinajstić information content (AvgIpc) is 2.57. The smallest absolute Gasteiger partial charge is 0.251 e. The van der Waals surface area contributed by atoms with E-state index in [-0.39, 0.29) is 35.8 Å². The molecule has 2 unspecified atom stereocenters. The molecule has 2 rings (SSSR count). The van der Waals surface area contributed by atoms with Gasteiger partial charge in [-0.3, -0.25) is 4.79 Å². The topological polar surface area (TPSA) is 96.5 Å². The highest BCUT2D eigenvalue weighted by Gasteiger charge is 2.23. The highest BCUT2D eigenvalue weighted by Crippen LogP contribution is 2.14. The molecular formula is C16H26ClN3O4S. The van der Waals surface area contributed by atoms with Crippen molar-refractivity contribution in [1.82, 2.24) is 15.4 Å². The number of carbonyl (C=O) groups is 1. The van der Waals surface area contributed by atoms with Crippen LogP contribution >= 0.6 is 12.4 Å². The summed E-state index contributed by atoms with van der Waals surface area (Å²) in [5.74, 6) is 0.228. The summed E-state index contributed by atoms with van der Waals surface area (Å²) in [7, 11) is -2.08. The van der Waals surface area contributed by atoms with E-state index in [0.29, 0.717) is 18.1 Å². The lowest BCUT2D eigenvalue weighted by Crippen LogP contribution is -2.50. The Morgan fingerprint density at radius 2 is 2.00 bits per heavy atom. The standard InChI is InChI=1S/C16H25N3O4S.ClH/c1-12-7-8-17-11-15(12)19-16(20)13-3-5-14(6-4-13)24(21,22)18-9-10-23-2;/h3-6,12,15,17-18H,7-11H2,1-2H3,(H,19,20);1H. The number of hydrogen-bond donors (Lipinski definition) is 3. The molecule has 2 atom stereocenters. The lowest BCUT2D eigenvalue weighted by atomic mass is 9.94. The summed E-state index contributed by atoms with van der Waals surface area (Å²) in [4.78, 5) is 12.4. The molecule has 1 aliphatic rings. The van der Waals surface area contributed by atoms with Crippen molar-refractivity contribution in [2.45, 2.75) is 24.3 Å². The molecule has 0 bridgehead atoms. The largest absolute Gasteiger partial charge is 0.383 e. The Bertz CT molecular complexity index is 652. The van der Waals surface area contributed by atoms with Crippen LogP contribution in [0.2, 0.25) is 0 Å². The second-order valence-corrected chi connectivity index (χ2v) is 7.73. The molecule has 1 aromatic rings. The second kappa shape index (κ2) is 10.1.